The third-order valence-electron chi connectivity index (χ3n) is 3.27. The number of piperidine rings is 1. The number of hydrogen-bond donors (Lipinski definition) is 0. The van der Waals surface area contributed by atoms with Crippen molar-refractivity contribution in [3.63, 3.8) is 0 Å². The van der Waals surface area contributed by atoms with Crippen LogP contribution in [0, 0.1) is 5.92 Å². The SMILES string of the molecule is CC(Cl)C1CCN(Cc2ccsc2)CC1. The second-order valence-corrected chi connectivity index (χ2v) is 5.89. The Kier molecular flexibility index (Phi) is 4.06. The zero-order chi connectivity index (χ0) is 10.7. The van der Waals surface area contributed by atoms with E-state index < -0.39 is 0 Å². The zero-order valence-electron chi connectivity index (χ0n) is 9.16. The third kappa shape index (κ3) is 3.20. The highest BCUT2D eigenvalue weighted by Crippen LogP contribution is 2.24. The number of likely N-dealkylation sites (tertiary alicyclic amines) is 1. The van der Waals surface area contributed by atoms with Gasteiger partial charge in [-0.05, 0) is 61.2 Å². The first kappa shape index (κ1) is 11.4. The monoisotopic (exact) mass is 243 g/mol. The molecule has 1 aromatic rings. The predicted molar refractivity (Wildman–Crippen MR) is 67.6 cm³/mol. The van der Waals surface area contributed by atoms with Crippen molar-refractivity contribution in [3.05, 3.63) is 22.4 Å². The van der Waals surface area contributed by atoms with E-state index in [0.29, 0.717) is 5.38 Å². The van der Waals surface area contributed by atoms with Gasteiger partial charge in [0, 0.05) is 11.9 Å². The standard InChI is InChI=1S/C12H18ClNS/c1-10(13)12-2-5-14(6-3-12)8-11-4-7-15-9-11/h4,7,9-10,12H,2-3,5-6,8H2,1H3. The Labute approximate surface area is 101 Å². The van der Waals surface area contributed by atoms with Crippen LogP contribution in [0.25, 0.3) is 0 Å². The fourth-order valence-corrected chi connectivity index (χ4v) is 3.12. The molecule has 0 aliphatic carbocycles. The van der Waals surface area contributed by atoms with Gasteiger partial charge in [-0.1, -0.05) is 0 Å². The van der Waals surface area contributed by atoms with Gasteiger partial charge in [-0.2, -0.15) is 11.3 Å². The molecule has 0 saturated carbocycles. The van der Waals surface area contributed by atoms with Crippen LogP contribution in [0.1, 0.15) is 25.3 Å². The van der Waals surface area contributed by atoms with Crippen molar-refractivity contribution in [2.75, 3.05) is 13.1 Å². The van der Waals surface area contributed by atoms with E-state index in [1.165, 1.54) is 31.5 Å². The van der Waals surface area contributed by atoms with Crippen molar-refractivity contribution < 1.29 is 0 Å². The van der Waals surface area contributed by atoms with Crippen LogP contribution in [0.15, 0.2) is 16.8 Å². The highest BCUT2D eigenvalue weighted by atomic mass is 35.5. The minimum atomic E-state index is 0.341. The lowest BCUT2D eigenvalue weighted by atomic mass is 9.94. The lowest BCUT2D eigenvalue weighted by Gasteiger charge is -2.32. The summed E-state index contributed by atoms with van der Waals surface area (Å²) in [5.41, 5.74) is 1.46. The van der Waals surface area contributed by atoms with E-state index in [1.807, 2.05) is 0 Å². The van der Waals surface area contributed by atoms with Crippen molar-refractivity contribution in [1.82, 2.24) is 4.90 Å². The summed E-state index contributed by atoms with van der Waals surface area (Å²) in [7, 11) is 0. The molecule has 1 fully saturated rings. The van der Waals surface area contributed by atoms with Crippen LogP contribution in [0.4, 0.5) is 0 Å². The van der Waals surface area contributed by atoms with Gasteiger partial charge in [-0.3, -0.25) is 4.90 Å². The lowest BCUT2D eigenvalue weighted by molar-refractivity contribution is 0.177. The zero-order valence-corrected chi connectivity index (χ0v) is 10.7. The highest BCUT2D eigenvalue weighted by Gasteiger charge is 2.22. The van der Waals surface area contributed by atoms with E-state index in [0.717, 1.165) is 12.5 Å². The van der Waals surface area contributed by atoms with E-state index in [-0.39, 0.29) is 0 Å². The maximum atomic E-state index is 6.13. The first-order chi connectivity index (χ1) is 7.25. The second-order valence-electron chi connectivity index (χ2n) is 4.42. The molecule has 1 aromatic heterocycles. The van der Waals surface area contributed by atoms with Crippen molar-refractivity contribution in [2.24, 2.45) is 5.92 Å². The number of hydrogen-bond acceptors (Lipinski definition) is 2. The molecule has 1 nitrogen and oxygen atoms in total. The molecule has 2 rings (SSSR count). The maximum absolute atomic E-state index is 6.13. The lowest BCUT2D eigenvalue weighted by Crippen LogP contribution is -2.35. The molecule has 3 heteroatoms. The predicted octanol–water partition coefficient (Wildman–Crippen LogP) is 3.59. The van der Waals surface area contributed by atoms with Gasteiger partial charge in [0.25, 0.3) is 0 Å². The molecule has 0 bridgehead atoms. The molecule has 0 spiro atoms. The average Bonchev–Trinajstić information content (AvgIpc) is 2.71. The Morgan fingerprint density at radius 2 is 2.27 bits per heavy atom. The molecule has 84 valence electrons. The molecule has 0 radical (unpaired) electrons. The fourth-order valence-electron chi connectivity index (χ4n) is 2.21. The third-order valence-corrected chi connectivity index (χ3v) is 4.36. The number of thiophene rings is 1. The molecule has 1 aliphatic heterocycles. The van der Waals surface area contributed by atoms with Crippen molar-refractivity contribution in [3.8, 4) is 0 Å². The average molecular weight is 244 g/mol. The molecule has 1 atom stereocenters. The van der Waals surface area contributed by atoms with Crippen LogP contribution in [0.3, 0.4) is 0 Å². The quantitative estimate of drug-likeness (QED) is 0.734. The Morgan fingerprint density at radius 3 is 2.80 bits per heavy atom. The van der Waals surface area contributed by atoms with Gasteiger partial charge in [0.15, 0.2) is 0 Å². The molecular weight excluding hydrogens is 226 g/mol. The topological polar surface area (TPSA) is 3.24 Å². The summed E-state index contributed by atoms with van der Waals surface area (Å²) in [5.74, 6) is 0.727. The van der Waals surface area contributed by atoms with Gasteiger partial charge in [0.05, 0.1) is 0 Å². The van der Waals surface area contributed by atoms with Gasteiger partial charge >= 0.3 is 0 Å². The minimum absolute atomic E-state index is 0.341. The van der Waals surface area contributed by atoms with Crippen LogP contribution in [-0.4, -0.2) is 23.4 Å². The largest absolute Gasteiger partial charge is 0.299 e. The Hall–Kier alpha value is -0.0500. The Bertz CT molecular complexity index is 276. The molecule has 2 heterocycles. The first-order valence-corrected chi connectivity index (χ1v) is 7.01. The Balaban J connectivity index is 1.79. The van der Waals surface area contributed by atoms with Crippen LogP contribution in [0.5, 0.6) is 0 Å². The van der Waals surface area contributed by atoms with Gasteiger partial charge in [0.1, 0.15) is 0 Å². The number of nitrogens with zero attached hydrogens (tertiary/aromatic N) is 1. The van der Waals surface area contributed by atoms with Crippen LogP contribution in [-0.2, 0) is 6.54 Å². The number of rotatable bonds is 3. The molecule has 0 aromatic carbocycles. The van der Waals surface area contributed by atoms with Crippen molar-refractivity contribution in [2.45, 2.75) is 31.7 Å². The van der Waals surface area contributed by atoms with Gasteiger partial charge in [0.2, 0.25) is 0 Å². The summed E-state index contributed by atoms with van der Waals surface area (Å²) in [6, 6.07) is 2.22. The second kappa shape index (κ2) is 5.33. The van der Waals surface area contributed by atoms with E-state index in [1.54, 1.807) is 11.3 Å². The minimum Gasteiger partial charge on any atom is -0.299 e. The van der Waals surface area contributed by atoms with Gasteiger partial charge in [-0.25, -0.2) is 0 Å². The molecule has 1 saturated heterocycles. The summed E-state index contributed by atoms with van der Waals surface area (Å²) in [6.45, 7) is 5.66. The molecule has 1 aliphatic rings. The molecule has 0 amide bonds. The summed E-state index contributed by atoms with van der Waals surface area (Å²) < 4.78 is 0. The van der Waals surface area contributed by atoms with Crippen LogP contribution >= 0.6 is 22.9 Å². The summed E-state index contributed by atoms with van der Waals surface area (Å²) in [4.78, 5) is 2.54. The van der Waals surface area contributed by atoms with Crippen molar-refractivity contribution >= 4 is 22.9 Å². The molecule has 0 N–H and O–H groups in total. The van der Waals surface area contributed by atoms with E-state index >= 15 is 0 Å². The molecule has 1 unspecified atom stereocenters. The van der Waals surface area contributed by atoms with Crippen LogP contribution < -0.4 is 0 Å². The Morgan fingerprint density at radius 1 is 1.53 bits per heavy atom. The van der Waals surface area contributed by atoms with Gasteiger partial charge < -0.3 is 0 Å². The summed E-state index contributed by atoms with van der Waals surface area (Å²) in [5, 5.41) is 4.74. The van der Waals surface area contributed by atoms with E-state index in [9.17, 15) is 0 Å². The van der Waals surface area contributed by atoms with E-state index in [4.69, 9.17) is 11.6 Å². The van der Waals surface area contributed by atoms with Crippen molar-refractivity contribution in [1.29, 1.82) is 0 Å². The van der Waals surface area contributed by atoms with Gasteiger partial charge in [-0.15, -0.1) is 11.6 Å². The fraction of sp³-hybridized carbons (Fsp3) is 0.667. The number of halogens is 1. The molecular formula is C12H18ClNS. The maximum Gasteiger partial charge on any atom is 0.0337 e. The first-order valence-electron chi connectivity index (χ1n) is 5.63. The smallest absolute Gasteiger partial charge is 0.0337 e. The number of alkyl halides is 1. The van der Waals surface area contributed by atoms with E-state index in [2.05, 4.69) is 28.7 Å². The summed E-state index contributed by atoms with van der Waals surface area (Å²) >= 11 is 7.92. The highest BCUT2D eigenvalue weighted by molar-refractivity contribution is 7.07. The summed E-state index contributed by atoms with van der Waals surface area (Å²) in [6.07, 6.45) is 2.52. The van der Waals surface area contributed by atoms with Crippen LogP contribution in [0.2, 0.25) is 0 Å². The molecule has 15 heavy (non-hydrogen) atoms. The normalized spacial score (nSPS) is 21.7.